The molecule has 0 radical (unpaired) electrons. The number of imidazole rings is 1. The lowest BCUT2D eigenvalue weighted by molar-refractivity contribution is 0.602. The highest BCUT2D eigenvalue weighted by atomic mass is 32.2. The summed E-state index contributed by atoms with van der Waals surface area (Å²) in [5.41, 5.74) is 7.08. The quantitative estimate of drug-likeness (QED) is 0.918. The van der Waals surface area contributed by atoms with Crippen LogP contribution >= 0.6 is 11.8 Å². The van der Waals surface area contributed by atoms with Gasteiger partial charge in [0, 0.05) is 18.6 Å². The van der Waals surface area contributed by atoms with Crippen molar-refractivity contribution in [1.82, 2.24) is 9.55 Å². The number of rotatable bonds is 4. The van der Waals surface area contributed by atoms with Crippen LogP contribution in [0.1, 0.15) is 0 Å². The minimum absolute atomic E-state index is 0.231. The van der Waals surface area contributed by atoms with E-state index in [4.69, 9.17) is 5.73 Å². The van der Waals surface area contributed by atoms with Crippen molar-refractivity contribution in [2.45, 2.75) is 11.4 Å². The lowest BCUT2D eigenvalue weighted by Crippen LogP contribution is -2.05. The van der Waals surface area contributed by atoms with Gasteiger partial charge in [-0.05, 0) is 18.4 Å². The number of para-hydroxylation sites is 1. The van der Waals surface area contributed by atoms with Crippen molar-refractivity contribution in [2.24, 2.45) is 0 Å². The van der Waals surface area contributed by atoms with E-state index in [9.17, 15) is 8.42 Å². The van der Waals surface area contributed by atoms with E-state index in [-0.39, 0.29) is 4.90 Å². The van der Waals surface area contributed by atoms with Gasteiger partial charge in [0.25, 0.3) is 0 Å². The summed E-state index contributed by atoms with van der Waals surface area (Å²) in [6, 6.07) is 5.12. The minimum Gasteiger partial charge on any atom is -0.369 e. The second-order valence-electron chi connectivity index (χ2n) is 4.01. The second kappa shape index (κ2) is 4.81. The van der Waals surface area contributed by atoms with Crippen LogP contribution < -0.4 is 5.73 Å². The number of hydrogen-bond donors (Lipinski definition) is 1. The Labute approximate surface area is 110 Å². The molecule has 1 aromatic heterocycles. The largest absolute Gasteiger partial charge is 0.369 e. The normalized spacial score (nSPS) is 12.1. The van der Waals surface area contributed by atoms with E-state index in [1.54, 1.807) is 23.9 Å². The van der Waals surface area contributed by atoms with Crippen molar-refractivity contribution in [3.8, 4) is 0 Å². The first kappa shape index (κ1) is 13.2. The highest BCUT2D eigenvalue weighted by Gasteiger charge is 2.17. The van der Waals surface area contributed by atoms with Gasteiger partial charge in [-0.25, -0.2) is 13.4 Å². The molecule has 0 saturated carbocycles. The maximum Gasteiger partial charge on any atom is 0.201 e. The lowest BCUT2D eigenvalue weighted by atomic mass is 10.3. The minimum atomic E-state index is -3.29. The van der Waals surface area contributed by atoms with Crippen LogP contribution in [0.5, 0.6) is 0 Å². The van der Waals surface area contributed by atoms with E-state index in [0.717, 1.165) is 17.8 Å². The molecule has 2 N–H and O–H groups in total. The smallest absolute Gasteiger partial charge is 0.201 e. The topological polar surface area (TPSA) is 78.0 Å². The van der Waals surface area contributed by atoms with Crippen molar-refractivity contribution in [3.63, 3.8) is 0 Å². The van der Waals surface area contributed by atoms with Gasteiger partial charge in [0.05, 0.1) is 10.4 Å². The number of aromatic nitrogens is 2. The average molecular weight is 285 g/mol. The predicted molar refractivity (Wildman–Crippen MR) is 75.6 cm³/mol. The average Bonchev–Trinajstić information content (AvgIpc) is 2.60. The Morgan fingerprint density at radius 2 is 2.17 bits per heavy atom. The van der Waals surface area contributed by atoms with Crippen LogP contribution in [0.2, 0.25) is 0 Å². The summed E-state index contributed by atoms with van der Waals surface area (Å²) in [7, 11) is -3.29. The summed E-state index contributed by atoms with van der Waals surface area (Å²) in [6.45, 7) is 0.719. The van der Waals surface area contributed by atoms with Crippen molar-refractivity contribution in [1.29, 1.82) is 0 Å². The van der Waals surface area contributed by atoms with Crippen LogP contribution in [-0.4, -0.2) is 36.2 Å². The van der Waals surface area contributed by atoms with Crippen molar-refractivity contribution < 1.29 is 8.42 Å². The number of thioether (sulfide) groups is 1. The monoisotopic (exact) mass is 285 g/mol. The summed E-state index contributed by atoms with van der Waals surface area (Å²) in [4.78, 5) is 4.42. The van der Waals surface area contributed by atoms with Gasteiger partial charge in [-0.2, -0.15) is 11.8 Å². The molecule has 0 aliphatic carbocycles. The Balaban J connectivity index is 2.67. The van der Waals surface area contributed by atoms with Crippen molar-refractivity contribution >= 4 is 38.6 Å². The van der Waals surface area contributed by atoms with Gasteiger partial charge in [-0.3, -0.25) is 0 Å². The standard InChI is InChI=1S/C11H15N3O2S2/c1-17-7-6-14-8-4-3-5-9(18(2,15)16)10(8)13-11(14)12/h3-5H,6-7H2,1-2H3,(H2,12,13). The van der Waals surface area contributed by atoms with Crippen LogP contribution in [0, 0.1) is 0 Å². The Morgan fingerprint density at radius 1 is 1.44 bits per heavy atom. The van der Waals surface area contributed by atoms with Gasteiger partial charge in [0.1, 0.15) is 5.52 Å². The molecular weight excluding hydrogens is 270 g/mol. The highest BCUT2D eigenvalue weighted by Crippen LogP contribution is 2.24. The van der Waals surface area contributed by atoms with Crippen molar-refractivity contribution in [3.05, 3.63) is 18.2 Å². The zero-order valence-corrected chi connectivity index (χ0v) is 11.9. The molecule has 0 spiro atoms. The van der Waals surface area contributed by atoms with Crippen molar-refractivity contribution in [2.75, 3.05) is 24.0 Å². The van der Waals surface area contributed by atoms with Crippen LogP contribution in [0.25, 0.3) is 11.0 Å². The highest BCUT2D eigenvalue weighted by molar-refractivity contribution is 7.98. The van der Waals surface area contributed by atoms with Gasteiger partial charge >= 0.3 is 0 Å². The van der Waals surface area contributed by atoms with E-state index >= 15 is 0 Å². The Hall–Kier alpha value is -1.21. The summed E-state index contributed by atoms with van der Waals surface area (Å²) >= 11 is 1.70. The fourth-order valence-corrected chi connectivity index (χ4v) is 3.05. The third-order valence-electron chi connectivity index (χ3n) is 2.69. The molecule has 0 aliphatic rings. The molecule has 0 atom stereocenters. The SMILES string of the molecule is CSCCn1c(N)nc2c(S(C)(=O)=O)cccc21. The van der Waals surface area contributed by atoms with Crippen LogP contribution in [0.15, 0.2) is 23.1 Å². The molecule has 0 fully saturated rings. The number of aryl methyl sites for hydroxylation is 1. The number of nitrogen functional groups attached to an aromatic ring is 1. The molecule has 0 saturated heterocycles. The molecule has 0 bridgehead atoms. The van der Waals surface area contributed by atoms with Gasteiger partial charge in [0.2, 0.25) is 5.95 Å². The molecule has 1 aromatic carbocycles. The molecule has 98 valence electrons. The lowest BCUT2D eigenvalue weighted by Gasteiger charge is -2.05. The Bertz CT molecular complexity index is 677. The van der Waals surface area contributed by atoms with Crippen LogP contribution in [0.4, 0.5) is 5.95 Å². The van der Waals surface area contributed by atoms with Gasteiger partial charge < -0.3 is 10.3 Å². The Kier molecular flexibility index (Phi) is 3.54. The number of nitrogens with two attached hydrogens (primary N) is 1. The number of sulfone groups is 1. The molecule has 2 aromatic rings. The third-order valence-corrected chi connectivity index (χ3v) is 4.41. The number of hydrogen-bond acceptors (Lipinski definition) is 5. The fraction of sp³-hybridized carbons (Fsp3) is 0.364. The van der Waals surface area contributed by atoms with Gasteiger partial charge in [-0.1, -0.05) is 6.07 Å². The second-order valence-corrected chi connectivity index (χ2v) is 6.98. The first-order chi connectivity index (χ1) is 8.45. The van der Waals surface area contributed by atoms with Crippen LogP contribution in [0.3, 0.4) is 0 Å². The maximum atomic E-state index is 11.7. The molecule has 1 heterocycles. The molecule has 0 aliphatic heterocycles. The summed E-state index contributed by atoms with van der Waals surface area (Å²) in [5, 5.41) is 0. The predicted octanol–water partition coefficient (Wildman–Crippen LogP) is 1.39. The first-order valence-corrected chi connectivity index (χ1v) is 8.67. The number of anilines is 1. The molecule has 5 nitrogen and oxygen atoms in total. The van der Waals surface area contributed by atoms with E-state index in [1.807, 2.05) is 16.9 Å². The number of nitrogens with zero attached hydrogens (tertiary/aromatic N) is 2. The zero-order valence-electron chi connectivity index (χ0n) is 10.3. The first-order valence-electron chi connectivity index (χ1n) is 5.39. The zero-order chi connectivity index (χ0) is 13.3. The molecule has 7 heteroatoms. The van der Waals surface area contributed by atoms with E-state index < -0.39 is 9.84 Å². The molecule has 0 unspecified atom stereocenters. The molecule has 18 heavy (non-hydrogen) atoms. The summed E-state index contributed by atoms with van der Waals surface area (Å²) in [6.07, 6.45) is 3.19. The third kappa shape index (κ3) is 2.32. The van der Waals surface area contributed by atoms with Gasteiger partial charge in [-0.15, -0.1) is 0 Å². The molecule has 0 amide bonds. The Morgan fingerprint density at radius 3 is 2.78 bits per heavy atom. The number of fused-ring (bicyclic) bond motifs is 1. The number of benzene rings is 1. The van der Waals surface area contributed by atoms with Crippen LogP contribution in [-0.2, 0) is 16.4 Å². The van der Waals surface area contributed by atoms with E-state index in [0.29, 0.717) is 11.5 Å². The summed E-state index contributed by atoms with van der Waals surface area (Å²) in [5.74, 6) is 1.26. The van der Waals surface area contributed by atoms with Gasteiger partial charge in [0.15, 0.2) is 9.84 Å². The molecule has 2 rings (SSSR count). The van der Waals surface area contributed by atoms with E-state index in [1.165, 1.54) is 6.26 Å². The maximum absolute atomic E-state index is 11.7. The molecular formula is C11H15N3O2S2. The van der Waals surface area contributed by atoms with E-state index in [2.05, 4.69) is 4.98 Å². The summed E-state index contributed by atoms with van der Waals surface area (Å²) < 4.78 is 25.2. The fourth-order valence-electron chi connectivity index (χ4n) is 1.86.